The molecule has 0 aliphatic heterocycles. The summed E-state index contributed by atoms with van der Waals surface area (Å²) in [6, 6.07) is 0. The first kappa shape index (κ1) is 14.0. The van der Waals surface area contributed by atoms with Gasteiger partial charge in [-0.1, -0.05) is 0 Å². The molecular formula is C12H15N3O2S2. The van der Waals surface area contributed by atoms with Crippen molar-refractivity contribution in [1.82, 2.24) is 9.36 Å². The Morgan fingerprint density at radius 2 is 2.26 bits per heavy atom. The van der Waals surface area contributed by atoms with Gasteiger partial charge in [-0.2, -0.15) is 4.37 Å². The van der Waals surface area contributed by atoms with Crippen molar-refractivity contribution in [3.8, 4) is 0 Å². The second kappa shape index (κ2) is 6.12. The van der Waals surface area contributed by atoms with Crippen LogP contribution in [0.2, 0.25) is 0 Å². The molecule has 0 atom stereocenters. The number of nitrogens with zero attached hydrogens (tertiary/aromatic N) is 2. The van der Waals surface area contributed by atoms with E-state index in [0.717, 1.165) is 15.7 Å². The van der Waals surface area contributed by atoms with Gasteiger partial charge in [0.05, 0.1) is 18.8 Å². The third-order valence-electron chi connectivity index (χ3n) is 2.41. The van der Waals surface area contributed by atoms with Gasteiger partial charge in [-0.05, 0) is 32.3 Å². The minimum absolute atomic E-state index is 0.327. The molecule has 0 saturated heterocycles. The summed E-state index contributed by atoms with van der Waals surface area (Å²) in [6.45, 7) is 6.51. The summed E-state index contributed by atoms with van der Waals surface area (Å²) >= 11 is 2.87. The fourth-order valence-electron chi connectivity index (χ4n) is 1.57. The van der Waals surface area contributed by atoms with E-state index in [-0.39, 0.29) is 5.97 Å². The molecule has 0 aliphatic rings. The van der Waals surface area contributed by atoms with Gasteiger partial charge >= 0.3 is 5.97 Å². The van der Waals surface area contributed by atoms with E-state index < -0.39 is 0 Å². The molecule has 1 N–H and O–H groups in total. The lowest BCUT2D eigenvalue weighted by Crippen LogP contribution is -2.09. The van der Waals surface area contributed by atoms with Gasteiger partial charge in [0.2, 0.25) is 0 Å². The largest absolute Gasteiger partial charge is 0.462 e. The van der Waals surface area contributed by atoms with Crippen molar-refractivity contribution in [2.75, 3.05) is 11.9 Å². The van der Waals surface area contributed by atoms with Crippen LogP contribution in [0.4, 0.5) is 5.00 Å². The summed E-state index contributed by atoms with van der Waals surface area (Å²) in [6.07, 6.45) is 0. The number of thiazole rings is 1. The predicted octanol–water partition coefficient (Wildman–Crippen LogP) is 3.01. The van der Waals surface area contributed by atoms with Gasteiger partial charge in [0.1, 0.15) is 15.6 Å². The number of aryl methyl sites for hydroxylation is 2. The molecule has 0 spiro atoms. The smallest absolute Gasteiger partial charge is 0.343 e. The summed E-state index contributed by atoms with van der Waals surface area (Å²) in [7, 11) is 0. The standard InChI is InChI=1S/C12H15N3O2S2/c1-4-17-12(16)10-8(3)15-19-11(10)13-5-9-14-7(2)6-18-9/h6,13H,4-5H2,1-3H3. The van der Waals surface area contributed by atoms with Gasteiger partial charge in [0.15, 0.2) is 0 Å². The van der Waals surface area contributed by atoms with Crippen LogP contribution >= 0.6 is 22.9 Å². The first-order valence-electron chi connectivity index (χ1n) is 5.90. The fourth-order valence-corrected chi connectivity index (χ4v) is 3.06. The van der Waals surface area contributed by atoms with Crippen molar-refractivity contribution < 1.29 is 9.53 Å². The van der Waals surface area contributed by atoms with Crippen LogP contribution in [-0.2, 0) is 11.3 Å². The minimum atomic E-state index is -0.327. The number of esters is 1. The number of aromatic nitrogens is 2. The van der Waals surface area contributed by atoms with E-state index in [9.17, 15) is 4.79 Å². The highest BCUT2D eigenvalue weighted by molar-refractivity contribution is 7.11. The Bertz CT molecular complexity index is 577. The quantitative estimate of drug-likeness (QED) is 0.859. The van der Waals surface area contributed by atoms with Crippen LogP contribution in [0.15, 0.2) is 5.38 Å². The van der Waals surface area contributed by atoms with Crippen LogP contribution in [0.25, 0.3) is 0 Å². The predicted molar refractivity (Wildman–Crippen MR) is 77.0 cm³/mol. The summed E-state index contributed by atoms with van der Waals surface area (Å²) in [5.74, 6) is -0.327. The molecule has 0 fully saturated rings. The Balaban J connectivity index is 2.10. The molecule has 7 heteroatoms. The molecule has 2 aromatic rings. The fraction of sp³-hybridized carbons (Fsp3) is 0.417. The van der Waals surface area contributed by atoms with Crippen molar-refractivity contribution in [2.24, 2.45) is 0 Å². The number of rotatable bonds is 5. The molecule has 5 nitrogen and oxygen atoms in total. The number of hydrogen-bond donors (Lipinski definition) is 1. The number of ether oxygens (including phenoxy) is 1. The molecule has 0 bridgehead atoms. The van der Waals surface area contributed by atoms with Gasteiger partial charge in [-0.25, -0.2) is 9.78 Å². The maximum absolute atomic E-state index is 11.9. The Morgan fingerprint density at radius 1 is 1.47 bits per heavy atom. The highest BCUT2D eigenvalue weighted by Crippen LogP contribution is 2.26. The molecule has 0 saturated carbocycles. The maximum Gasteiger partial charge on any atom is 0.343 e. The van der Waals surface area contributed by atoms with Crippen LogP contribution < -0.4 is 5.32 Å². The number of nitrogens with one attached hydrogen (secondary N) is 1. The lowest BCUT2D eigenvalue weighted by Gasteiger charge is -2.05. The Kier molecular flexibility index (Phi) is 4.49. The molecule has 0 amide bonds. The molecule has 102 valence electrons. The lowest BCUT2D eigenvalue weighted by atomic mass is 10.2. The van der Waals surface area contributed by atoms with E-state index in [0.29, 0.717) is 24.4 Å². The average Bonchev–Trinajstić information content (AvgIpc) is 2.93. The zero-order valence-electron chi connectivity index (χ0n) is 11.0. The molecule has 0 aromatic carbocycles. The van der Waals surface area contributed by atoms with Gasteiger partial charge in [0.25, 0.3) is 0 Å². The zero-order chi connectivity index (χ0) is 13.8. The van der Waals surface area contributed by atoms with Crippen molar-refractivity contribution >= 4 is 33.8 Å². The Morgan fingerprint density at radius 3 is 2.89 bits per heavy atom. The van der Waals surface area contributed by atoms with Crippen LogP contribution in [0.3, 0.4) is 0 Å². The molecule has 2 rings (SSSR count). The third-order valence-corrected chi connectivity index (χ3v) is 4.27. The first-order valence-corrected chi connectivity index (χ1v) is 7.55. The van der Waals surface area contributed by atoms with Gasteiger partial charge < -0.3 is 10.1 Å². The minimum Gasteiger partial charge on any atom is -0.462 e. The van der Waals surface area contributed by atoms with E-state index in [1.165, 1.54) is 11.5 Å². The van der Waals surface area contributed by atoms with Crippen molar-refractivity contribution in [2.45, 2.75) is 27.3 Å². The molecule has 0 radical (unpaired) electrons. The van der Waals surface area contributed by atoms with Crippen LogP contribution in [0, 0.1) is 13.8 Å². The Labute approximate surface area is 119 Å². The van der Waals surface area contributed by atoms with Crippen molar-refractivity contribution in [3.05, 3.63) is 27.3 Å². The molecule has 0 unspecified atom stereocenters. The van der Waals surface area contributed by atoms with Crippen LogP contribution in [-0.4, -0.2) is 21.9 Å². The van der Waals surface area contributed by atoms with E-state index in [1.54, 1.807) is 18.3 Å². The van der Waals surface area contributed by atoms with E-state index in [1.807, 2.05) is 19.2 Å². The summed E-state index contributed by atoms with van der Waals surface area (Å²) in [4.78, 5) is 16.2. The van der Waals surface area contributed by atoms with Gasteiger partial charge in [0, 0.05) is 11.1 Å². The monoisotopic (exact) mass is 297 g/mol. The average molecular weight is 297 g/mol. The summed E-state index contributed by atoms with van der Waals surface area (Å²) in [5.41, 5.74) is 2.23. The highest BCUT2D eigenvalue weighted by Gasteiger charge is 2.19. The third kappa shape index (κ3) is 3.30. The Hall–Kier alpha value is -1.47. The van der Waals surface area contributed by atoms with Crippen molar-refractivity contribution in [1.29, 1.82) is 0 Å². The van der Waals surface area contributed by atoms with E-state index in [2.05, 4.69) is 14.7 Å². The first-order chi connectivity index (χ1) is 9.11. The van der Waals surface area contributed by atoms with Crippen molar-refractivity contribution in [3.63, 3.8) is 0 Å². The van der Waals surface area contributed by atoms with Gasteiger partial charge in [-0.15, -0.1) is 11.3 Å². The van der Waals surface area contributed by atoms with Gasteiger partial charge in [-0.3, -0.25) is 0 Å². The number of anilines is 1. The van der Waals surface area contributed by atoms with E-state index in [4.69, 9.17) is 4.74 Å². The topological polar surface area (TPSA) is 64.1 Å². The second-order valence-electron chi connectivity index (χ2n) is 3.93. The second-order valence-corrected chi connectivity index (χ2v) is 5.64. The normalized spacial score (nSPS) is 10.5. The maximum atomic E-state index is 11.9. The highest BCUT2D eigenvalue weighted by atomic mass is 32.1. The number of carbonyl (C=O) groups excluding carboxylic acids is 1. The number of hydrogen-bond acceptors (Lipinski definition) is 7. The summed E-state index contributed by atoms with van der Waals surface area (Å²) < 4.78 is 9.24. The molecule has 2 aromatic heterocycles. The molecule has 2 heterocycles. The lowest BCUT2D eigenvalue weighted by molar-refractivity contribution is 0.0527. The summed E-state index contributed by atoms with van der Waals surface area (Å²) in [5, 5.41) is 6.93. The molecule has 19 heavy (non-hydrogen) atoms. The number of carbonyl (C=O) groups is 1. The molecular weight excluding hydrogens is 282 g/mol. The van der Waals surface area contributed by atoms with Crippen LogP contribution in [0.1, 0.15) is 33.7 Å². The zero-order valence-corrected chi connectivity index (χ0v) is 12.7. The van der Waals surface area contributed by atoms with E-state index >= 15 is 0 Å². The SMILES string of the molecule is CCOC(=O)c1c(C)nsc1NCc1nc(C)cs1. The molecule has 0 aliphatic carbocycles. The van der Waals surface area contributed by atoms with Crippen LogP contribution in [0.5, 0.6) is 0 Å².